The van der Waals surface area contributed by atoms with E-state index in [0.717, 1.165) is 32.1 Å². The Morgan fingerprint density at radius 3 is 2.59 bits per heavy atom. The molecule has 1 fully saturated rings. The average molecular weight is 343 g/mol. The molecular weight excluding hydrogens is 328 g/mol. The van der Waals surface area contributed by atoms with Crippen molar-refractivity contribution >= 4 is 39.1 Å². The maximum Gasteiger partial charge on any atom is 0.337 e. The van der Waals surface area contributed by atoms with Crippen molar-refractivity contribution in [2.24, 2.45) is 10.3 Å². The van der Waals surface area contributed by atoms with E-state index in [4.69, 9.17) is 11.6 Å². The summed E-state index contributed by atoms with van der Waals surface area (Å²) in [6.45, 7) is 0. The van der Waals surface area contributed by atoms with Gasteiger partial charge in [0.1, 0.15) is 10.7 Å². The lowest BCUT2D eigenvalue weighted by molar-refractivity contribution is 0.0692. The number of sulfonamides is 1. The number of aromatic carboxylic acids is 1. The topological polar surface area (TPSA) is 95.8 Å². The number of carbonyl (C=O) groups is 1. The highest BCUT2D eigenvalue weighted by Gasteiger charge is 2.34. The summed E-state index contributed by atoms with van der Waals surface area (Å²) in [4.78, 5) is 10.9. The number of benzene rings is 1. The SMILES string of the molecule is O=C(O)c1ccc(Cl)c2c1S(=O)(=O)N=C(C1CCCCC1)N2. The van der Waals surface area contributed by atoms with E-state index in [-0.39, 0.29) is 27.1 Å². The van der Waals surface area contributed by atoms with Crippen molar-refractivity contribution in [3.8, 4) is 0 Å². The van der Waals surface area contributed by atoms with Crippen LogP contribution in [-0.2, 0) is 10.0 Å². The molecule has 0 unspecified atom stereocenters. The standard InChI is InChI=1S/C14H15ClN2O4S/c15-10-7-6-9(14(18)19)12-11(10)16-13(17-22(12,20)21)8-4-2-1-3-5-8/h6-8H,1-5H2,(H,16,17)(H,18,19). The molecule has 1 saturated carbocycles. The lowest BCUT2D eigenvalue weighted by atomic mass is 9.88. The second-order valence-corrected chi connectivity index (χ2v) is 7.46. The Balaban J connectivity index is 2.12. The van der Waals surface area contributed by atoms with E-state index >= 15 is 0 Å². The first-order chi connectivity index (χ1) is 10.4. The molecule has 1 aliphatic carbocycles. The quantitative estimate of drug-likeness (QED) is 0.860. The third-order valence-corrected chi connectivity index (χ3v) is 5.75. The molecule has 22 heavy (non-hydrogen) atoms. The van der Waals surface area contributed by atoms with Crippen LogP contribution in [0.15, 0.2) is 21.4 Å². The van der Waals surface area contributed by atoms with E-state index in [1.54, 1.807) is 0 Å². The molecule has 2 N–H and O–H groups in total. The van der Waals surface area contributed by atoms with Gasteiger partial charge in [0.25, 0.3) is 10.0 Å². The van der Waals surface area contributed by atoms with Crippen LogP contribution in [0.1, 0.15) is 42.5 Å². The van der Waals surface area contributed by atoms with Crippen molar-refractivity contribution in [3.05, 3.63) is 22.7 Å². The maximum absolute atomic E-state index is 12.5. The summed E-state index contributed by atoms with van der Waals surface area (Å²) in [5.74, 6) is -0.910. The molecule has 0 atom stereocenters. The lowest BCUT2D eigenvalue weighted by Gasteiger charge is -2.28. The van der Waals surface area contributed by atoms with Crippen LogP contribution in [0.5, 0.6) is 0 Å². The van der Waals surface area contributed by atoms with Gasteiger partial charge in [-0.05, 0) is 25.0 Å². The molecule has 118 valence electrons. The van der Waals surface area contributed by atoms with E-state index in [1.807, 2.05) is 0 Å². The largest absolute Gasteiger partial charge is 0.478 e. The number of halogens is 1. The maximum atomic E-state index is 12.5. The fourth-order valence-corrected chi connectivity index (χ4v) is 4.65. The van der Waals surface area contributed by atoms with Crippen LogP contribution in [0.2, 0.25) is 5.02 Å². The fourth-order valence-electron chi connectivity index (χ4n) is 2.99. The molecule has 2 aliphatic rings. The van der Waals surface area contributed by atoms with Gasteiger partial charge in [0, 0.05) is 5.92 Å². The summed E-state index contributed by atoms with van der Waals surface area (Å²) in [7, 11) is -4.08. The average Bonchev–Trinajstić information content (AvgIpc) is 2.48. The van der Waals surface area contributed by atoms with Crippen LogP contribution >= 0.6 is 11.6 Å². The Kier molecular flexibility index (Phi) is 3.86. The predicted octanol–water partition coefficient (Wildman–Crippen LogP) is 3.13. The third-order valence-electron chi connectivity index (χ3n) is 4.06. The highest BCUT2D eigenvalue weighted by Crippen LogP contribution is 2.38. The third kappa shape index (κ3) is 2.59. The number of rotatable bonds is 2. The van der Waals surface area contributed by atoms with Crippen molar-refractivity contribution in [3.63, 3.8) is 0 Å². The van der Waals surface area contributed by atoms with E-state index in [2.05, 4.69) is 9.71 Å². The lowest BCUT2D eigenvalue weighted by Crippen LogP contribution is -2.31. The summed E-state index contributed by atoms with van der Waals surface area (Å²) >= 11 is 6.08. The molecule has 1 aromatic carbocycles. The zero-order valence-corrected chi connectivity index (χ0v) is 13.2. The van der Waals surface area contributed by atoms with Gasteiger partial charge in [0.15, 0.2) is 0 Å². The minimum Gasteiger partial charge on any atom is -0.478 e. The number of amidine groups is 1. The van der Waals surface area contributed by atoms with Crippen molar-refractivity contribution in [1.29, 1.82) is 0 Å². The molecule has 1 aromatic rings. The number of anilines is 1. The summed E-state index contributed by atoms with van der Waals surface area (Å²) in [5.41, 5.74) is -0.199. The Labute approximate surface area is 133 Å². The van der Waals surface area contributed by atoms with Gasteiger partial charge in [-0.15, -0.1) is 4.40 Å². The number of carboxylic acids is 1. The van der Waals surface area contributed by atoms with Crippen LogP contribution in [-0.4, -0.2) is 25.3 Å². The van der Waals surface area contributed by atoms with Gasteiger partial charge in [0.05, 0.1) is 16.3 Å². The molecule has 0 radical (unpaired) electrons. The van der Waals surface area contributed by atoms with Gasteiger partial charge in [-0.25, -0.2) is 4.79 Å². The Morgan fingerprint density at radius 2 is 1.95 bits per heavy atom. The second kappa shape index (κ2) is 5.55. The zero-order valence-electron chi connectivity index (χ0n) is 11.7. The van der Waals surface area contributed by atoms with Crippen LogP contribution in [0, 0.1) is 5.92 Å². The molecule has 3 rings (SSSR count). The summed E-state index contributed by atoms with van der Waals surface area (Å²) < 4.78 is 28.7. The zero-order chi connectivity index (χ0) is 15.9. The van der Waals surface area contributed by atoms with E-state index in [9.17, 15) is 18.3 Å². The minimum absolute atomic E-state index is 0.0428. The Morgan fingerprint density at radius 1 is 1.27 bits per heavy atom. The van der Waals surface area contributed by atoms with Crippen molar-refractivity contribution in [1.82, 2.24) is 0 Å². The number of hydrogen-bond acceptors (Lipinski definition) is 4. The highest BCUT2D eigenvalue weighted by molar-refractivity contribution is 7.90. The monoisotopic (exact) mass is 342 g/mol. The smallest absolute Gasteiger partial charge is 0.337 e. The van der Waals surface area contributed by atoms with Crippen LogP contribution < -0.4 is 5.32 Å². The number of nitrogens with one attached hydrogen (secondary N) is 1. The summed E-state index contributed by atoms with van der Waals surface area (Å²) in [6, 6.07) is 2.57. The van der Waals surface area contributed by atoms with Gasteiger partial charge in [0.2, 0.25) is 0 Å². The second-order valence-electron chi connectivity index (χ2n) is 5.52. The van der Waals surface area contributed by atoms with E-state index in [0.29, 0.717) is 5.84 Å². The normalized spacial score (nSPS) is 20.7. The first kappa shape index (κ1) is 15.3. The van der Waals surface area contributed by atoms with E-state index < -0.39 is 16.0 Å². The Bertz CT molecular complexity index is 767. The minimum atomic E-state index is -4.08. The van der Waals surface area contributed by atoms with E-state index in [1.165, 1.54) is 12.1 Å². The molecule has 8 heteroatoms. The first-order valence-electron chi connectivity index (χ1n) is 7.08. The highest BCUT2D eigenvalue weighted by atomic mass is 35.5. The van der Waals surface area contributed by atoms with Crippen molar-refractivity contribution in [2.45, 2.75) is 37.0 Å². The molecule has 0 amide bonds. The number of hydrogen-bond donors (Lipinski definition) is 2. The molecule has 0 saturated heterocycles. The molecule has 0 aromatic heterocycles. The van der Waals surface area contributed by atoms with Crippen LogP contribution in [0.4, 0.5) is 5.69 Å². The molecule has 1 aliphatic heterocycles. The number of fused-ring (bicyclic) bond motifs is 1. The molecule has 0 bridgehead atoms. The van der Waals surface area contributed by atoms with Gasteiger partial charge in [-0.3, -0.25) is 0 Å². The van der Waals surface area contributed by atoms with Gasteiger partial charge < -0.3 is 10.4 Å². The summed E-state index contributed by atoms with van der Waals surface area (Å²) in [6.07, 6.45) is 4.93. The van der Waals surface area contributed by atoms with Gasteiger partial charge in [-0.1, -0.05) is 30.9 Å². The van der Waals surface area contributed by atoms with Crippen LogP contribution in [0.25, 0.3) is 0 Å². The summed E-state index contributed by atoms with van der Waals surface area (Å²) in [5, 5.41) is 12.3. The first-order valence-corrected chi connectivity index (χ1v) is 8.89. The number of nitrogens with zero attached hydrogens (tertiary/aromatic N) is 1. The molecule has 0 spiro atoms. The fraction of sp³-hybridized carbons (Fsp3) is 0.429. The Hall–Kier alpha value is -1.60. The van der Waals surface area contributed by atoms with Gasteiger partial charge in [-0.2, -0.15) is 8.42 Å². The molecule has 1 heterocycles. The van der Waals surface area contributed by atoms with Crippen molar-refractivity contribution in [2.75, 3.05) is 5.32 Å². The van der Waals surface area contributed by atoms with Crippen LogP contribution in [0.3, 0.4) is 0 Å². The predicted molar refractivity (Wildman–Crippen MR) is 83.2 cm³/mol. The molecular formula is C14H15ClN2O4S. The number of carboxylic acid groups (broad SMARTS) is 1. The molecule has 6 nitrogen and oxygen atoms in total. The van der Waals surface area contributed by atoms with Crippen molar-refractivity contribution < 1.29 is 18.3 Å². The van der Waals surface area contributed by atoms with Gasteiger partial charge >= 0.3 is 5.97 Å².